The Labute approximate surface area is 155 Å². The Morgan fingerprint density at radius 1 is 1.35 bits per heavy atom. The molecule has 1 aliphatic heterocycles. The third-order valence-electron chi connectivity index (χ3n) is 4.53. The standard InChI is InChI=1S/C18H19ClFN3O3/c19-14-9-13(2-3-15(14)20)22-17(24)4-1-12-5-7-23(8-6-12)18(25)16-10-21-11-26-16/h2-3,9-12H,1,4-8H2,(H,22,24). The molecule has 2 amide bonds. The van der Waals surface area contributed by atoms with E-state index in [1.54, 1.807) is 4.90 Å². The van der Waals surface area contributed by atoms with Gasteiger partial charge >= 0.3 is 0 Å². The summed E-state index contributed by atoms with van der Waals surface area (Å²) in [6, 6.07) is 4.09. The highest BCUT2D eigenvalue weighted by molar-refractivity contribution is 6.31. The lowest BCUT2D eigenvalue weighted by molar-refractivity contribution is -0.116. The van der Waals surface area contributed by atoms with E-state index >= 15 is 0 Å². The Morgan fingerprint density at radius 2 is 2.12 bits per heavy atom. The summed E-state index contributed by atoms with van der Waals surface area (Å²) in [6.45, 7) is 1.28. The number of oxazole rings is 1. The molecule has 0 radical (unpaired) electrons. The van der Waals surface area contributed by atoms with E-state index in [1.807, 2.05) is 0 Å². The van der Waals surface area contributed by atoms with Gasteiger partial charge in [0.2, 0.25) is 11.7 Å². The number of hydrogen-bond donors (Lipinski definition) is 1. The Hall–Kier alpha value is -2.41. The molecule has 8 heteroatoms. The van der Waals surface area contributed by atoms with Gasteiger partial charge in [-0.25, -0.2) is 9.37 Å². The van der Waals surface area contributed by atoms with E-state index in [-0.39, 0.29) is 22.6 Å². The van der Waals surface area contributed by atoms with Gasteiger partial charge in [0.05, 0.1) is 11.2 Å². The van der Waals surface area contributed by atoms with Crippen LogP contribution in [0.15, 0.2) is 35.2 Å². The molecule has 0 spiro atoms. The smallest absolute Gasteiger partial charge is 0.291 e. The van der Waals surface area contributed by atoms with Crippen LogP contribution in [0.1, 0.15) is 36.2 Å². The third kappa shape index (κ3) is 4.60. The van der Waals surface area contributed by atoms with Gasteiger partial charge < -0.3 is 14.6 Å². The van der Waals surface area contributed by atoms with Crippen molar-refractivity contribution in [2.75, 3.05) is 18.4 Å². The molecule has 1 N–H and O–H groups in total. The maximum absolute atomic E-state index is 13.1. The van der Waals surface area contributed by atoms with Gasteiger partial charge in [-0.2, -0.15) is 0 Å². The van der Waals surface area contributed by atoms with Crippen LogP contribution in [0.5, 0.6) is 0 Å². The monoisotopic (exact) mass is 379 g/mol. The lowest BCUT2D eigenvalue weighted by Gasteiger charge is -2.31. The predicted octanol–water partition coefficient (Wildman–Crippen LogP) is 3.74. The topological polar surface area (TPSA) is 75.4 Å². The van der Waals surface area contributed by atoms with Crippen molar-refractivity contribution in [1.29, 1.82) is 0 Å². The second kappa shape index (κ2) is 8.31. The summed E-state index contributed by atoms with van der Waals surface area (Å²) < 4.78 is 18.2. The van der Waals surface area contributed by atoms with Gasteiger partial charge in [0.25, 0.3) is 5.91 Å². The molecule has 0 atom stereocenters. The molecule has 26 heavy (non-hydrogen) atoms. The molecule has 3 rings (SSSR count). The highest BCUT2D eigenvalue weighted by Gasteiger charge is 2.25. The fraction of sp³-hybridized carbons (Fsp3) is 0.389. The van der Waals surface area contributed by atoms with Crippen molar-refractivity contribution in [1.82, 2.24) is 9.88 Å². The number of benzene rings is 1. The van der Waals surface area contributed by atoms with Crippen LogP contribution in [-0.2, 0) is 4.79 Å². The van der Waals surface area contributed by atoms with Crippen LogP contribution in [0.2, 0.25) is 5.02 Å². The number of nitrogens with one attached hydrogen (secondary N) is 1. The summed E-state index contributed by atoms with van der Waals surface area (Å²) in [5.41, 5.74) is 0.480. The van der Waals surface area contributed by atoms with Gasteiger partial charge in [0.15, 0.2) is 6.39 Å². The van der Waals surface area contributed by atoms with E-state index in [9.17, 15) is 14.0 Å². The molecule has 1 aromatic heterocycles. The van der Waals surface area contributed by atoms with Crippen LogP contribution in [0.25, 0.3) is 0 Å². The number of nitrogens with zero attached hydrogens (tertiary/aromatic N) is 2. The molecule has 0 aliphatic carbocycles. The first kappa shape index (κ1) is 18.4. The fourth-order valence-corrected chi connectivity index (χ4v) is 3.22. The molecule has 0 bridgehead atoms. The van der Waals surface area contributed by atoms with Crippen LogP contribution in [-0.4, -0.2) is 34.8 Å². The number of piperidine rings is 1. The van der Waals surface area contributed by atoms with Gasteiger partial charge in [-0.15, -0.1) is 0 Å². The minimum Gasteiger partial charge on any atom is -0.438 e. The normalized spacial score (nSPS) is 15.1. The van der Waals surface area contributed by atoms with Gasteiger partial charge in [-0.1, -0.05) is 11.6 Å². The Morgan fingerprint density at radius 3 is 2.77 bits per heavy atom. The van der Waals surface area contributed by atoms with E-state index < -0.39 is 5.82 Å². The molecule has 1 aliphatic rings. The second-order valence-electron chi connectivity index (χ2n) is 6.32. The first-order valence-corrected chi connectivity index (χ1v) is 8.83. The fourth-order valence-electron chi connectivity index (χ4n) is 3.03. The summed E-state index contributed by atoms with van der Waals surface area (Å²) in [5, 5.41) is 2.70. The van der Waals surface area contributed by atoms with Gasteiger partial charge in [0, 0.05) is 25.2 Å². The molecule has 2 aromatic rings. The summed E-state index contributed by atoms with van der Waals surface area (Å²) >= 11 is 5.70. The molecule has 1 aromatic carbocycles. The molecular formula is C18H19ClFN3O3. The number of halogens is 2. The molecule has 1 fully saturated rings. The quantitative estimate of drug-likeness (QED) is 0.858. The molecule has 0 unspecified atom stereocenters. The number of aromatic nitrogens is 1. The second-order valence-corrected chi connectivity index (χ2v) is 6.72. The molecule has 0 saturated carbocycles. The zero-order valence-corrected chi connectivity index (χ0v) is 14.8. The zero-order chi connectivity index (χ0) is 18.5. The number of likely N-dealkylation sites (tertiary alicyclic amines) is 1. The van der Waals surface area contributed by atoms with Crippen molar-refractivity contribution < 1.29 is 18.4 Å². The minimum absolute atomic E-state index is 0.0217. The highest BCUT2D eigenvalue weighted by atomic mass is 35.5. The predicted molar refractivity (Wildman–Crippen MR) is 94.4 cm³/mol. The Balaban J connectivity index is 1.41. The summed E-state index contributed by atoms with van der Waals surface area (Å²) in [5.74, 6) is -0.159. The third-order valence-corrected chi connectivity index (χ3v) is 4.82. The van der Waals surface area contributed by atoms with E-state index in [2.05, 4.69) is 10.3 Å². The zero-order valence-electron chi connectivity index (χ0n) is 14.1. The lowest BCUT2D eigenvalue weighted by Crippen LogP contribution is -2.38. The molecule has 2 heterocycles. The number of carbonyl (C=O) groups excluding carboxylic acids is 2. The summed E-state index contributed by atoms with van der Waals surface area (Å²) in [6.07, 6.45) is 5.46. The van der Waals surface area contributed by atoms with Crippen molar-refractivity contribution in [3.05, 3.63) is 47.4 Å². The number of carbonyl (C=O) groups is 2. The SMILES string of the molecule is O=C(CCC1CCN(C(=O)c2cnco2)CC1)Nc1ccc(F)c(Cl)c1. The number of hydrogen-bond acceptors (Lipinski definition) is 4. The summed E-state index contributed by atoms with van der Waals surface area (Å²) in [7, 11) is 0. The van der Waals surface area contributed by atoms with E-state index in [4.69, 9.17) is 16.0 Å². The molecular weight excluding hydrogens is 361 g/mol. The first-order chi connectivity index (χ1) is 12.5. The van der Waals surface area contributed by atoms with Gasteiger partial charge in [0.1, 0.15) is 5.82 Å². The van der Waals surface area contributed by atoms with Crippen molar-refractivity contribution >= 4 is 29.1 Å². The lowest BCUT2D eigenvalue weighted by atomic mass is 9.92. The van der Waals surface area contributed by atoms with Crippen LogP contribution >= 0.6 is 11.6 Å². The largest absolute Gasteiger partial charge is 0.438 e. The van der Waals surface area contributed by atoms with E-state index in [0.717, 1.165) is 19.3 Å². The molecule has 1 saturated heterocycles. The number of amides is 2. The van der Waals surface area contributed by atoms with Crippen molar-refractivity contribution in [2.24, 2.45) is 5.92 Å². The molecule has 6 nitrogen and oxygen atoms in total. The number of anilines is 1. The maximum atomic E-state index is 13.1. The van der Waals surface area contributed by atoms with Gasteiger partial charge in [-0.05, 0) is 43.4 Å². The minimum atomic E-state index is -0.517. The van der Waals surface area contributed by atoms with Crippen LogP contribution in [0.3, 0.4) is 0 Å². The average Bonchev–Trinajstić information content (AvgIpc) is 3.18. The molecule has 138 valence electrons. The van der Waals surface area contributed by atoms with Crippen LogP contribution in [0.4, 0.5) is 10.1 Å². The van der Waals surface area contributed by atoms with Crippen molar-refractivity contribution in [3.8, 4) is 0 Å². The van der Waals surface area contributed by atoms with Crippen LogP contribution < -0.4 is 5.32 Å². The van der Waals surface area contributed by atoms with Crippen molar-refractivity contribution in [3.63, 3.8) is 0 Å². The summed E-state index contributed by atoms with van der Waals surface area (Å²) in [4.78, 5) is 29.7. The number of rotatable bonds is 5. The first-order valence-electron chi connectivity index (χ1n) is 8.45. The highest BCUT2D eigenvalue weighted by Crippen LogP contribution is 2.24. The van der Waals surface area contributed by atoms with E-state index in [1.165, 1.54) is 30.8 Å². The average molecular weight is 380 g/mol. The Kier molecular flexibility index (Phi) is 5.88. The Bertz CT molecular complexity index is 774. The van der Waals surface area contributed by atoms with E-state index in [0.29, 0.717) is 31.1 Å². The maximum Gasteiger partial charge on any atom is 0.291 e. The van der Waals surface area contributed by atoms with Crippen LogP contribution in [0, 0.1) is 11.7 Å². The van der Waals surface area contributed by atoms with Gasteiger partial charge in [-0.3, -0.25) is 9.59 Å². The van der Waals surface area contributed by atoms with Crippen molar-refractivity contribution in [2.45, 2.75) is 25.7 Å².